The van der Waals surface area contributed by atoms with E-state index in [1.54, 1.807) is 6.08 Å². The van der Waals surface area contributed by atoms with Gasteiger partial charge in [-0.15, -0.1) is 0 Å². The zero-order valence-corrected chi connectivity index (χ0v) is 47.9. The molecule has 418 valence electrons. The van der Waals surface area contributed by atoms with Gasteiger partial charge in [-0.3, -0.25) is 14.4 Å². The largest absolute Gasteiger partial charge is 0.462 e. The summed E-state index contributed by atoms with van der Waals surface area (Å²) in [5.74, 6) is -1.04. The molecule has 0 amide bonds. The molecule has 0 spiro atoms. The molecule has 0 aromatic rings. The number of hydrogen-bond donors (Lipinski definition) is 0. The SMILES string of the molecule is CC/C=C\C/C=C\C/C=C\C/C=C\C/C=C\CC(=O)OC(COC(=O)CCCCCCCC)COC(=O)CCCCCCCCCCCCCCCCCCCCCCCCCCCCCCCCCCC. The van der Waals surface area contributed by atoms with E-state index in [9.17, 15) is 14.4 Å². The van der Waals surface area contributed by atoms with Crippen LogP contribution < -0.4 is 0 Å². The molecule has 0 saturated carbocycles. The van der Waals surface area contributed by atoms with Crippen molar-refractivity contribution in [3.8, 4) is 0 Å². The number of rotatable bonds is 57. The lowest BCUT2D eigenvalue weighted by Gasteiger charge is -2.18. The number of carbonyl (C=O) groups excluding carboxylic acids is 3. The molecular formula is C66H118O6. The zero-order valence-electron chi connectivity index (χ0n) is 47.9. The molecule has 72 heavy (non-hydrogen) atoms. The minimum absolute atomic E-state index is 0.101. The summed E-state index contributed by atoms with van der Waals surface area (Å²) in [7, 11) is 0. The summed E-state index contributed by atoms with van der Waals surface area (Å²) in [5, 5.41) is 0. The van der Waals surface area contributed by atoms with Crippen LogP contribution >= 0.6 is 0 Å². The summed E-state index contributed by atoms with van der Waals surface area (Å²) in [6.45, 7) is 6.41. The molecule has 6 heteroatoms. The Morgan fingerprint density at radius 3 is 0.792 bits per heavy atom. The number of carbonyl (C=O) groups is 3. The first-order valence-corrected chi connectivity index (χ1v) is 31.3. The summed E-state index contributed by atoms with van der Waals surface area (Å²) in [6, 6.07) is 0. The van der Waals surface area contributed by atoms with Gasteiger partial charge in [-0.1, -0.05) is 319 Å². The van der Waals surface area contributed by atoms with Crippen LogP contribution in [0.3, 0.4) is 0 Å². The van der Waals surface area contributed by atoms with E-state index in [1.807, 2.05) is 6.08 Å². The smallest absolute Gasteiger partial charge is 0.310 e. The van der Waals surface area contributed by atoms with E-state index in [2.05, 4.69) is 69.4 Å². The van der Waals surface area contributed by atoms with E-state index in [0.717, 1.165) is 70.6 Å². The average Bonchev–Trinajstić information content (AvgIpc) is 3.38. The first-order chi connectivity index (χ1) is 35.5. The van der Waals surface area contributed by atoms with Gasteiger partial charge in [-0.25, -0.2) is 0 Å². The minimum Gasteiger partial charge on any atom is -0.462 e. The van der Waals surface area contributed by atoms with Gasteiger partial charge in [0.2, 0.25) is 0 Å². The van der Waals surface area contributed by atoms with Crippen molar-refractivity contribution in [1.82, 2.24) is 0 Å². The topological polar surface area (TPSA) is 78.9 Å². The molecular weight excluding hydrogens is 889 g/mol. The lowest BCUT2D eigenvalue weighted by molar-refractivity contribution is -0.166. The van der Waals surface area contributed by atoms with Gasteiger partial charge in [0.1, 0.15) is 13.2 Å². The minimum atomic E-state index is -0.823. The summed E-state index contributed by atoms with van der Waals surface area (Å²) in [5.41, 5.74) is 0. The molecule has 0 bridgehead atoms. The van der Waals surface area contributed by atoms with Crippen molar-refractivity contribution < 1.29 is 28.6 Å². The van der Waals surface area contributed by atoms with Crippen molar-refractivity contribution in [3.05, 3.63) is 60.8 Å². The number of ether oxygens (including phenoxy) is 3. The molecule has 1 atom stereocenters. The molecule has 1 unspecified atom stereocenters. The van der Waals surface area contributed by atoms with Gasteiger partial charge < -0.3 is 14.2 Å². The van der Waals surface area contributed by atoms with Crippen LogP contribution in [-0.2, 0) is 28.6 Å². The standard InChI is InChI=1S/C66H118O6/c1-4-7-10-13-16-18-20-22-24-25-26-27-28-29-30-31-32-33-34-35-36-37-38-39-40-41-43-44-46-48-50-53-56-59-65(68)71-62-63(61-70-64(67)58-55-52-15-12-9-6-3)72-66(69)60-57-54-51-49-47-45-42-23-21-19-17-14-11-8-5-2/h8,11,17,19,23,42,47,49,54,57,63H,4-7,9-10,12-16,18,20-22,24-41,43-46,48,50-53,55-56,58-62H2,1-3H3/b11-8-,19-17-,42-23-,49-47-,57-54-. The Bertz CT molecular complexity index is 1290. The maximum atomic E-state index is 12.7. The highest BCUT2D eigenvalue weighted by atomic mass is 16.6. The van der Waals surface area contributed by atoms with Crippen LogP contribution in [0.2, 0.25) is 0 Å². The van der Waals surface area contributed by atoms with Crippen LogP contribution in [0, 0.1) is 0 Å². The Balaban J connectivity index is 3.96. The molecule has 0 aromatic heterocycles. The summed E-state index contributed by atoms with van der Waals surface area (Å²) < 4.78 is 16.6. The van der Waals surface area contributed by atoms with Crippen LogP contribution in [0.1, 0.15) is 323 Å². The van der Waals surface area contributed by atoms with Gasteiger partial charge in [-0.05, 0) is 44.9 Å². The molecule has 0 fully saturated rings. The van der Waals surface area contributed by atoms with Crippen molar-refractivity contribution in [2.75, 3.05) is 13.2 Å². The van der Waals surface area contributed by atoms with E-state index < -0.39 is 12.1 Å². The van der Waals surface area contributed by atoms with Crippen LogP contribution in [0.25, 0.3) is 0 Å². The summed E-state index contributed by atoms with van der Waals surface area (Å²) >= 11 is 0. The monoisotopic (exact) mass is 1010 g/mol. The quantitative estimate of drug-likeness (QED) is 0.0261. The van der Waals surface area contributed by atoms with Gasteiger partial charge in [0.25, 0.3) is 0 Å². The fourth-order valence-corrected chi connectivity index (χ4v) is 9.17. The van der Waals surface area contributed by atoms with Crippen molar-refractivity contribution in [2.24, 2.45) is 0 Å². The number of unbranched alkanes of at least 4 members (excludes halogenated alkanes) is 37. The van der Waals surface area contributed by atoms with Crippen molar-refractivity contribution in [2.45, 2.75) is 329 Å². The van der Waals surface area contributed by atoms with Gasteiger partial charge in [0, 0.05) is 12.8 Å². The van der Waals surface area contributed by atoms with Crippen LogP contribution in [-0.4, -0.2) is 37.2 Å². The first-order valence-electron chi connectivity index (χ1n) is 31.3. The molecule has 0 rings (SSSR count). The van der Waals surface area contributed by atoms with Crippen molar-refractivity contribution in [3.63, 3.8) is 0 Å². The van der Waals surface area contributed by atoms with Crippen molar-refractivity contribution >= 4 is 17.9 Å². The van der Waals surface area contributed by atoms with E-state index >= 15 is 0 Å². The number of hydrogen-bond acceptors (Lipinski definition) is 6. The van der Waals surface area contributed by atoms with E-state index in [4.69, 9.17) is 14.2 Å². The summed E-state index contributed by atoms with van der Waals surface area (Å²) in [4.78, 5) is 37.8. The Labute approximate surface area is 447 Å². The molecule has 0 N–H and O–H groups in total. The highest BCUT2D eigenvalue weighted by molar-refractivity contribution is 5.72. The average molecular weight is 1010 g/mol. The van der Waals surface area contributed by atoms with Gasteiger partial charge in [0.05, 0.1) is 6.42 Å². The maximum absolute atomic E-state index is 12.7. The molecule has 0 saturated heterocycles. The Kier molecular flexibility index (Phi) is 58.2. The van der Waals surface area contributed by atoms with Crippen molar-refractivity contribution in [1.29, 1.82) is 0 Å². The first kappa shape index (κ1) is 69.1. The highest BCUT2D eigenvalue weighted by Gasteiger charge is 2.19. The van der Waals surface area contributed by atoms with E-state index in [0.29, 0.717) is 12.8 Å². The van der Waals surface area contributed by atoms with E-state index in [-0.39, 0.29) is 31.6 Å². The van der Waals surface area contributed by atoms with Crippen LogP contribution in [0.5, 0.6) is 0 Å². The lowest BCUT2D eigenvalue weighted by atomic mass is 10.0. The summed E-state index contributed by atoms with van der Waals surface area (Å²) in [6.07, 6.45) is 77.5. The number of esters is 3. The van der Waals surface area contributed by atoms with E-state index in [1.165, 1.54) is 212 Å². The predicted molar refractivity (Wildman–Crippen MR) is 312 cm³/mol. The second kappa shape index (κ2) is 60.7. The Morgan fingerprint density at radius 2 is 0.528 bits per heavy atom. The van der Waals surface area contributed by atoms with Gasteiger partial charge >= 0.3 is 17.9 Å². The number of allylic oxidation sites excluding steroid dienone is 9. The Morgan fingerprint density at radius 1 is 0.292 bits per heavy atom. The maximum Gasteiger partial charge on any atom is 0.310 e. The molecule has 6 nitrogen and oxygen atoms in total. The molecule has 0 aliphatic heterocycles. The van der Waals surface area contributed by atoms with Crippen LogP contribution in [0.15, 0.2) is 60.8 Å². The molecule has 0 aliphatic rings. The molecule has 0 aromatic carbocycles. The fourth-order valence-electron chi connectivity index (χ4n) is 9.17. The third-order valence-corrected chi connectivity index (χ3v) is 13.8. The van der Waals surface area contributed by atoms with Gasteiger partial charge in [-0.2, -0.15) is 0 Å². The normalized spacial score (nSPS) is 12.4. The molecule has 0 radical (unpaired) electrons. The lowest BCUT2D eigenvalue weighted by Crippen LogP contribution is -2.30. The second-order valence-electron chi connectivity index (χ2n) is 21.0. The van der Waals surface area contributed by atoms with Gasteiger partial charge in [0.15, 0.2) is 6.10 Å². The molecule has 0 heterocycles. The highest BCUT2D eigenvalue weighted by Crippen LogP contribution is 2.18. The fraction of sp³-hybridized carbons (Fsp3) is 0.803. The third kappa shape index (κ3) is 58.0. The van der Waals surface area contributed by atoms with Crippen LogP contribution in [0.4, 0.5) is 0 Å². The Hall–Kier alpha value is -2.89. The molecule has 0 aliphatic carbocycles. The second-order valence-corrected chi connectivity index (χ2v) is 21.0. The third-order valence-electron chi connectivity index (χ3n) is 13.8. The zero-order chi connectivity index (χ0) is 52.2. The predicted octanol–water partition coefficient (Wildman–Crippen LogP) is 21.2.